The molecule has 1 saturated heterocycles. The Morgan fingerprint density at radius 2 is 2.56 bits per heavy atom. The molecule has 2 atom stereocenters. The standard InChI is InChI=1S/C12H19N3O2S/c1-8-5-13-11(18-8)9(2)14-12(17)15-4-3-10(6-15)7-16/h5,9-10,16H,3-4,6-7H2,1-2H3,(H,14,17). The second kappa shape index (κ2) is 5.67. The van der Waals surface area contributed by atoms with E-state index in [0.29, 0.717) is 6.54 Å². The van der Waals surface area contributed by atoms with Crippen LogP contribution in [0.3, 0.4) is 0 Å². The largest absolute Gasteiger partial charge is 0.396 e. The van der Waals surface area contributed by atoms with Crippen LogP contribution in [0.1, 0.15) is 29.3 Å². The van der Waals surface area contributed by atoms with Crippen LogP contribution >= 0.6 is 11.3 Å². The van der Waals surface area contributed by atoms with Crippen LogP contribution in [0.25, 0.3) is 0 Å². The van der Waals surface area contributed by atoms with Crippen molar-refractivity contribution in [2.75, 3.05) is 19.7 Å². The van der Waals surface area contributed by atoms with Crippen molar-refractivity contribution in [3.63, 3.8) is 0 Å². The molecule has 18 heavy (non-hydrogen) atoms. The molecule has 5 nitrogen and oxygen atoms in total. The Morgan fingerprint density at radius 3 is 3.11 bits per heavy atom. The molecule has 0 spiro atoms. The van der Waals surface area contributed by atoms with Crippen molar-refractivity contribution in [1.29, 1.82) is 0 Å². The number of nitrogens with one attached hydrogen (secondary N) is 1. The predicted molar refractivity (Wildman–Crippen MR) is 70.6 cm³/mol. The smallest absolute Gasteiger partial charge is 0.317 e. The fourth-order valence-electron chi connectivity index (χ4n) is 2.08. The highest BCUT2D eigenvalue weighted by molar-refractivity contribution is 7.11. The molecule has 1 aliphatic heterocycles. The van der Waals surface area contributed by atoms with Crippen LogP contribution in [0.2, 0.25) is 0 Å². The van der Waals surface area contributed by atoms with Gasteiger partial charge in [0.2, 0.25) is 0 Å². The molecule has 100 valence electrons. The van der Waals surface area contributed by atoms with Gasteiger partial charge in [-0.05, 0) is 20.3 Å². The summed E-state index contributed by atoms with van der Waals surface area (Å²) in [6.07, 6.45) is 2.70. The average molecular weight is 269 g/mol. The number of amides is 2. The van der Waals surface area contributed by atoms with Gasteiger partial charge in [0.25, 0.3) is 0 Å². The molecule has 0 aromatic carbocycles. The number of hydrogen-bond acceptors (Lipinski definition) is 4. The lowest BCUT2D eigenvalue weighted by atomic mass is 10.1. The maximum atomic E-state index is 12.0. The zero-order chi connectivity index (χ0) is 13.1. The average Bonchev–Trinajstić information content (AvgIpc) is 2.97. The molecule has 0 radical (unpaired) electrons. The molecule has 6 heteroatoms. The van der Waals surface area contributed by atoms with Crippen LogP contribution in [0, 0.1) is 12.8 Å². The van der Waals surface area contributed by atoms with Gasteiger partial charge < -0.3 is 15.3 Å². The molecule has 2 unspecified atom stereocenters. The van der Waals surface area contributed by atoms with Gasteiger partial charge in [-0.1, -0.05) is 0 Å². The topological polar surface area (TPSA) is 65.5 Å². The first-order chi connectivity index (χ1) is 8.60. The Balaban J connectivity index is 1.88. The van der Waals surface area contributed by atoms with Gasteiger partial charge in [-0.2, -0.15) is 0 Å². The second-order valence-electron chi connectivity index (χ2n) is 4.76. The minimum atomic E-state index is -0.0654. The van der Waals surface area contributed by atoms with E-state index in [4.69, 9.17) is 5.11 Å². The van der Waals surface area contributed by atoms with E-state index in [1.807, 2.05) is 20.0 Å². The maximum absolute atomic E-state index is 12.0. The molecular formula is C12H19N3O2S. The van der Waals surface area contributed by atoms with Crippen LogP contribution in [0.5, 0.6) is 0 Å². The number of carbonyl (C=O) groups is 1. The third kappa shape index (κ3) is 3.00. The summed E-state index contributed by atoms with van der Waals surface area (Å²) in [5.74, 6) is 0.230. The minimum absolute atomic E-state index is 0.0636. The van der Waals surface area contributed by atoms with Crippen LogP contribution in [-0.4, -0.2) is 40.7 Å². The molecular weight excluding hydrogens is 250 g/mol. The van der Waals surface area contributed by atoms with Crippen LogP contribution in [0.4, 0.5) is 4.79 Å². The van der Waals surface area contributed by atoms with E-state index in [9.17, 15) is 4.79 Å². The number of aliphatic hydroxyl groups is 1. The van der Waals surface area contributed by atoms with Gasteiger partial charge in [0.1, 0.15) is 5.01 Å². The lowest BCUT2D eigenvalue weighted by Gasteiger charge is -2.19. The maximum Gasteiger partial charge on any atom is 0.317 e. The number of thiazole rings is 1. The first kappa shape index (κ1) is 13.3. The fraction of sp³-hybridized carbons (Fsp3) is 0.667. The lowest BCUT2D eigenvalue weighted by molar-refractivity contribution is 0.195. The molecule has 1 aliphatic rings. The number of hydrogen-bond donors (Lipinski definition) is 2. The quantitative estimate of drug-likeness (QED) is 0.874. The van der Waals surface area contributed by atoms with E-state index in [1.165, 1.54) is 0 Å². The van der Waals surface area contributed by atoms with Crippen molar-refractivity contribution in [2.45, 2.75) is 26.3 Å². The summed E-state index contributed by atoms with van der Waals surface area (Å²) in [6.45, 7) is 5.47. The highest BCUT2D eigenvalue weighted by Gasteiger charge is 2.26. The normalized spacial score (nSPS) is 21.1. The summed E-state index contributed by atoms with van der Waals surface area (Å²) in [5.41, 5.74) is 0. The van der Waals surface area contributed by atoms with Crippen molar-refractivity contribution in [3.05, 3.63) is 16.1 Å². The van der Waals surface area contributed by atoms with Gasteiger partial charge in [0, 0.05) is 36.7 Å². The number of aromatic nitrogens is 1. The van der Waals surface area contributed by atoms with Gasteiger partial charge in [-0.3, -0.25) is 0 Å². The summed E-state index contributed by atoms with van der Waals surface area (Å²) < 4.78 is 0. The third-order valence-corrected chi connectivity index (χ3v) is 4.28. The molecule has 2 rings (SSSR count). The highest BCUT2D eigenvalue weighted by Crippen LogP contribution is 2.20. The molecule has 0 bridgehead atoms. The van der Waals surface area contributed by atoms with Crippen LogP contribution in [0.15, 0.2) is 6.20 Å². The van der Waals surface area contributed by atoms with Crippen LogP contribution in [-0.2, 0) is 0 Å². The number of carbonyl (C=O) groups excluding carboxylic acids is 1. The van der Waals surface area contributed by atoms with E-state index in [1.54, 1.807) is 16.2 Å². The zero-order valence-electron chi connectivity index (χ0n) is 10.7. The summed E-state index contributed by atoms with van der Waals surface area (Å²) in [5, 5.41) is 12.9. The van der Waals surface area contributed by atoms with Gasteiger partial charge in [0.05, 0.1) is 6.04 Å². The molecule has 2 heterocycles. The van der Waals surface area contributed by atoms with Gasteiger partial charge in [-0.25, -0.2) is 9.78 Å². The van der Waals surface area contributed by atoms with E-state index < -0.39 is 0 Å². The summed E-state index contributed by atoms with van der Waals surface area (Å²) >= 11 is 1.60. The predicted octanol–water partition coefficient (Wildman–Crippen LogP) is 1.54. The molecule has 0 saturated carbocycles. The summed E-state index contributed by atoms with van der Waals surface area (Å²) in [6, 6.07) is -0.129. The van der Waals surface area contributed by atoms with Crippen molar-refractivity contribution in [2.24, 2.45) is 5.92 Å². The molecule has 2 N–H and O–H groups in total. The third-order valence-electron chi connectivity index (χ3n) is 3.18. The SMILES string of the molecule is Cc1cnc(C(C)NC(=O)N2CCC(CO)C2)s1. The van der Waals surface area contributed by atoms with Crippen molar-refractivity contribution in [1.82, 2.24) is 15.2 Å². The first-order valence-electron chi connectivity index (χ1n) is 6.18. The summed E-state index contributed by atoms with van der Waals surface area (Å²) in [7, 11) is 0. The van der Waals surface area contributed by atoms with Crippen molar-refractivity contribution < 1.29 is 9.90 Å². The number of rotatable bonds is 3. The Hall–Kier alpha value is -1.14. The minimum Gasteiger partial charge on any atom is -0.396 e. The molecule has 1 aromatic heterocycles. The molecule has 0 aliphatic carbocycles. The molecule has 1 aromatic rings. The Labute approximate surface area is 111 Å². The van der Waals surface area contributed by atoms with Crippen LogP contribution < -0.4 is 5.32 Å². The number of aliphatic hydroxyl groups excluding tert-OH is 1. The fourth-order valence-corrected chi connectivity index (χ4v) is 2.85. The highest BCUT2D eigenvalue weighted by atomic mass is 32.1. The van der Waals surface area contributed by atoms with Crippen molar-refractivity contribution >= 4 is 17.4 Å². The monoisotopic (exact) mass is 269 g/mol. The van der Waals surface area contributed by atoms with Crippen molar-refractivity contribution in [3.8, 4) is 0 Å². The molecule has 2 amide bonds. The Kier molecular flexibility index (Phi) is 4.19. The summed E-state index contributed by atoms with van der Waals surface area (Å²) in [4.78, 5) is 19.2. The van der Waals surface area contributed by atoms with Gasteiger partial charge in [0.15, 0.2) is 0 Å². The number of nitrogens with zero attached hydrogens (tertiary/aromatic N) is 2. The second-order valence-corrected chi connectivity index (χ2v) is 6.03. The first-order valence-corrected chi connectivity index (χ1v) is 7.00. The zero-order valence-corrected chi connectivity index (χ0v) is 11.5. The van der Waals surface area contributed by atoms with E-state index in [0.717, 1.165) is 22.9 Å². The van der Waals surface area contributed by atoms with Gasteiger partial charge in [-0.15, -0.1) is 11.3 Å². The number of aryl methyl sites for hydroxylation is 1. The van der Waals surface area contributed by atoms with E-state index in [2.05, 4.69) is 10.3 Å². The Bertz CT molecular complexity index is 421. The number of likely N-dealkylation sites (tertiary alicyclic amines) is 1. The Morgan fingerprint density at radius 1 is 1.78 bits per heavy atom. The van der Waals surface area contributed by atoms with Gasteiger partial charge >= 0.3 is 6.03 Å². The number of urea groups is 1. The van der Waals surface area contributed by atoms with E-state index in [-0.39, 0.29) is 24.6 Å². The van der Waals surface area contributed by atoms with E-state index >= 15 is 0 Å². The lowest BCUT2D eigenvalue weighted by Crippen LogP contribution is -2.39. The molecule has 1 fully saturated rings.